The average Bonchev–Trinajstić information content (AvgIpc) is 2.59. The van der Waals surface area contributed by atoms with Crippen molar-refractivity contribution in [2.75, 3.05) is 31.1 Å². The summed E-state index contributed by atoms with van der Waals surface area (Å²) in [4.78, 5) is 0. The zero-order valence-corrected chi connectivity index (χ0v) is 12.6. The van der Waals surface area contributed by atoms with Crippen LogP contribution < -0.4 is 14.3 Å². The van der Waals surface area contributed by atoms with Crippen molar-refractivity contribution in [1.29, 1.82) is 0 Å². The number of fused-ring (bicyclic) bond motifs is 1. The van der Waals surface area contributed by atoms with Gasteiger partial charge in [0.15, 0.2) is 0 Å². The second-order valence-electron chi connectivity index (χ2n) is 4.83. The fraction of sp³-hybridized carbons (Fsp3) is 0.538. The van der Waals surface area contributed by atoms with Gasteiger partial charge in [-0.1, -0.05) is 18.2 Å². The Morgan fingerprint density at radius 1 is 1.45 bits per heavy atom. The van der Waals surface area contributed by atoms with E-state index in [1.165, 1.54) is 4.31 Å². The van der Waals surface area contributed by atoms with Crippen molar-refractivity contribution in [3.63, 3.8) is 0 Å². The molecule has 0 fully saturated rings. The molecule has 0 aliphatic carbocycles. The summed E-state index contributed by atoms with van der Waals surface area (Å²) in [7, 11) is -2.02. The number of nitrogens with zero attached hydrogens (tertiary/aromatic N) is 1. The van der Waals surface area contributed by atoms with Crippen molar-refractivity contribution in [3.8, 4) is 0 Å². The van der Waals surface area contributed by atoms with Crippen LogP contribution in [0.2, 0.25) is 0 Å². The smallest absolute Gasteiger partial charge is 0.301 e. The predicted octanol–water partition coefficient (Wildman–Crippen LogP) is 0.466. The maximum atomic E-state index is 12.5. The summed E-state index contributed by atoms with van der Waals surface area (Å²) in [5.74, 6) is 0. The van der Waals surface area contributed by atoms with Gasteiger partial charge >= 0.3 is 10.2 Å². The molecule has 0 spiro atoms. The number of methoxy groups -OCH3 is 1. The molecular formula is C13H21N3O3S. The van der Waals surface area contributed by atoms with E-state index in [9.17, 15) is 8.42 Å². The zero-order chi connectivity index (χ0) is 14.6. The average molecular weight is 299 g/mol. The van der Waals surface area contributed by atoms with Gasteiger partial charge in [-0.25, -0.2) is 0 Å². The van der Waals surface area contributed by atoms with Gasteiger partial charge < -0.3 is 10.1 Å². The second-order valence-corrected chi connectivity index (χ2v) is 6.51. The molecule has 6 nitrogen and oxygen atoms in total. The summed E-state index contributed by atoms with van der Waals surface area (Å²) >= 11 is 0. The molecule has 1 aliphatic rings. The fourth-order valence-electron chi connectivity index (χ4n) is 2.18. The van der Waals surface area contributed by atoms with Crippen molar-refractivity contribution in [2.45, 2.75) is 19.5 Å². The molecule has 1 aliphatic heterocycles. The van der Waals surface area contributed by atoms with E-state index in [1.54, 1.807) is 7.11 Å². The maximum absolute atomic E-state index is 12.5. The van der Waals surface area contributed by atoms with Crippen LogP contribution in [0.1, 0.15) is 12.5 Å². The third kappa shape index (κ3) is 3.49. The van der Waals surface area contributed by atoms with Gasteiger partial charge in [0.05, 0.1) is 18.8 Å². The molecule has 0 radical (unpaired) electrons. The Balaban J connectivity index is 2.28. The Labute approximate surface area is 120 Å². The number of rotatable bonds is 5. The van der Waals surface area contributed by atoms with Gasteiger partial charge in [-0.15, -0.1) is 0 Å². The molecule has 7 heteroatoms. The number of para-hydroxylation sites is 1. The Morgan fingerprint density at radius 2 is 2.20 bits per heavy atom. The minimum atomic E-state index is -3.56. The first-order chi connectivity index (χ1) is 9.54. The molecule has 0 bridgehead atoms. The van der Waals surface area contributed by atoms with Crippen LogP contribution in [0, 0.1) is 0 Å². The highest BCUT2D eigenvalue weighted by Crippen LogP contribution is 2.25. The minimum absolute atomic E-state index is 0.0846. The van der Waals surface area contributed by atoms with Crippen molar-refractivity contribution >= 4 is 15.9 Å². The molecule has 0 aromatic heterocycles. The lowest BCUT2D eigenvalue weighted by Crippen LogP contribution is -2.46. The van der Waals surface area contributed by atoms with Gasteiger partial charge in [-0.3, -0.25) is 4.31 Å². The number of hydrogen-bond acceptors (Lipinski definition) is 4. The van der Waals surface area contributed by atoms with E-state index in [0.29, 0.717) is 19.7 Å². The summed E-state index contributed by atoms with van der Waals surface area (Å²) in [5, 5.41) is 3.31. The molecule has 1 unspecified atom stereocenters. The monoisotopic (exact) mass is 299 g/mol. The summed E-state index contributed by atoms with van der Waals surface area (Å²) < 4.78 is 33.8. The first-order valence-corrected chi connectivity index (χ1v) is 8.06. The van der Waals surface area contributed by atoms with E-state index < -0.39 is 10.2 Å². The molecule has 1 aromatic rings. The zero-order valence-electron chi connectivity index (χ0n) is 11.8. The number of nitrogens with one attached hydrogen (secondary N) is 2. The lowest BCUT2D eigenvalue weighted by molar-refractivity contribution is 0.204. The predicted molar refractivity (Wildman–Crippen MR) is 78.9 cm³/mol. The second kappa shape index (κ2) is 6.53. The first kappa shape index (κ1) is 15.2. The molecule has 0 saturated heterocycles. The Kier molecular flexibility index (Phi) is 4.98. The highest BCUT2D eigenvalue weighted by molar-refractivity contribution is 7.90. The quantitative estimate of drug-likeness (QED) is 0.775. The van der Waals surface area contributed by atoms with Gasteiger partial charge in [0.1, 0.15) is 0 Å². The summed E-state index contributed by atoms with van der Waals surface area (Å²) in [6.45, 7) is 3.66. The molecule has 0 saturated carbocycles. The lowest BCUT2D eigenvalue weighted by Gasteiger charge is -2.26. The number of ether oxygens (including phenoxy) is 1. The summed E-state index contributed by atoms with van der Waals surface area (Å²) in [6.07, 6.45) is 0. The molecule has 1 aromatic carbocycles. The molecule has 2 N–H and O–H groups in total. The molecular weight excluding hydrogens is 278 g/mol. The van der Waals surface area contributed by atoms with Crippen molar-refractivity contribution in [3.05, 3.63) is 29.8 Å². The molecule has 1 atom stereocenters. The van der Waals surface area contributed by atoms with E-state index in [0.717, 1.165) is 11.3 Å². The van der Waals surface area contributed by atoms with Crippen LogP contribution in [-0.4, -0.2) is 41.3 Å². The standard InChI is InChI=1S/C13H21N3O3S/c1-11-10-16(20(17,18)15-7-8-19-2)13-6-4-3-5-12(13)9-14-11/h3-6,11,14-15H,7-10H2,1-2H3. The minimum Gasteiger partial charge on any atom is -0.383 e. The third-order valence-electron chi connectivity index (χ3n) is 3.22. The van der Waals surface area contributed by atoms with Gasteiger partial charge in [0.2, 0.25) is 0 Å². The third-order valence-corrected chi connectivity index (χ3v) is 4.72. The summed E-state index contributed by atoms with van der Waals surface area (Å²) in [6, 6.07) is 7.64. The van der Waals surface area contributed by atoms with Gasteiger partial charge in [-0.05, 0) is 18.6 Å². The van der Waals surface area contributed by atoms with E-state index in [1.807, 2.05) is 31.2 Å². The first-order valence-electron chi connectivity index (χ1n) is 6.62. The van der Waals surface area contributed by atoms with Crippen LogP contribution in [0.4, 0.5) is 5.69 Å². The molecule has 1 heterocycles. The highest BCUT2D eigenvalue weighted by atomic mass is 32.2. The topological polar surface area (TPSA) is 70.7 Å². The largest absolute Gasteiger partial charge is 0.383 e. The normalized spacial score (nSPS) is 19.5. The molecule has 112 valence electrons. The number of benzene rings is 1. The van der Waals surface area contributed by atoms with Crippen LogP contribution in [0.5, 0.6) is 0 Å². The van der Waals surface area contributed by atoms with E-state index in [4.69, 9.17) is 4.74 Å². The van der Waals surface area contributed by atoms with E-state index in [-0.39, 0.29) is 12.6 Å². The van der Waals surface area contributed by atoms with E-state index >= 15 is 0 Å². The van der Waals surface area contributed by atoms with Crippen LogP contribution in [0.15, 0.2) is 24.3 Å². The van der Waals surface area contributed by atoms with Crippen LogP contribution in [0.25, 0.3) is 0 Å². The summed E-state index contributed by atoms with van der Waals surface area (Å²) in [5.41, 5.74) is 1.71. The van der Waals surface area contributed by atoms with Crippen LogP contribution in [-0.2, 0) is 21.5 Å². The van der Waals surface area contributed by atoms with Crippen molar-refractivity contribution < 1.29 is 13.2 Å². The molecule has 0 amide bonds. The maximum Gasteiger partial charge on any atom is 0.301 e. The van der Waals surface area contributed by atoms with Crippen LogP contribution in [0.3, 0.4) is 0 Å². The van der Waals surface area contributed by atoms with E-state index in [2.05, 4.69) is 10.0 Å². The molecule has 2 rings (SSSR count). The highest BCUT2D eigenvalue weighted by Gasteiger charge is 2.27. The SMILES string of the molecule is COCCNS(=O)(=O)N1CC(C)NCc2ccccc21. The number of anilines is 1. The number of hydrogen-bond donors (Lipinski definition) is 2. The Morgan fingerprint density at radius 3 is 2.95 bits per heavy atom. The fourth-order valence-corrected chi connectivity index (χ4v) is 3.53. The van der Waals surface area contributed by atoms with Crippen molar-refractivity contribution in [1.82, 2.24) is 10.0 Å². The van der Waals surface area contributed by atoms with Gasteiger partial charge in [0, 0.05) is 26.2 Å². The lowest BCUT2D eigenvalue weighted by atomic mass is 10.2. The Bertz CT molecular complexity index is 548. The Hall–Kier alpha value is -1.15. The van der Waals surface area contributed by atoms with Crippen molar-refractivity contribution in [2.24, 2.45) is 0 Å². The van der Waals surface area contributed by atoms with Crippen LogP contribution >= 0.6 is 0 Å². The molecule has 20 heavy (non-hydrogen) atoms. The van der Waals surface area contributed by atoms with Gasteiger partial charge in [-0.2, -0.15) is 13.1 Å². The van der Waals surface area contributed by atoms with Gasteiger partial charge in [0.25, 0.3) is 0 Å².